The number of carboxylic acids is 1. The minimum absolute atomic E-state index is 0.119. The average Bonchev–Trinajstić information content (AvgIpc) is 2.44. The Hall–Kier alpha value is -2.27. The van der Waals surface area contributed by atoms with E-state index in [0.29, 0.717) is 22.6 Å². The lowest BCUT2D eigenvalue weighted by Crippen LogP contribution is -2.10. The van der Waals surface area contributed by atoms with Gasteiger partial charge in [-0.3, -0.25) is 0 Å². The molecule has 0 heterocycles. The minimum Gasteiger partial charge on any atom is -0.479 e. The van der Waals surface area contributed by atoms with Gasteiger partial charge in [-0.05, 0) is 43.2 Å². The summed E-state index contributed by atoms with van der Waals surface area (Å²) in [6.45, 7) is 2.87. The Balaban J connectivity index is 2.35. The average molecular weight is 325 g/mol. The van der Waals surface area contributed by atoms with Gasteiger partial charge in [-0.2, -0.15) is 0 Å². The van der Waals surface area contributed by atoms with Gasteiger partial charge in [0.05, 0.1) is 5.02 Å². The van der Waals surface area contributed by atoms with Crippen LogP contribution in [0.25, 0.3) is 0 Å². The molecule has 0 fully saturated rings. The van der Waals surface area contributed by atoms with Crippen LogP contribution in [0.3, 0.4) is 0 Å². The molecule has 0 amide bonds. The number of carbonyl (C=O) groups is 1. The highest BCUT2D eigenvalue weighted by Gasteiger charge is 2.14. The van der Waals surface area contributed by atoms with E-state index in [1.54, 1.807) is 32.0 Å². The Labute approximate surface area is 132 Å². The Morgan fingerprint density at radius 3 is 2.64 bits per heavy atom. The Morgan fingerprint density at radius 2 is 1.95 bits per heavy atom. The zero-order valence-electron chi connectivity index (χ0n) is 12.0. The normalized spacial score (nSPS) is 10.4. The van der Waals surface area contributed by atoms with Gasteiger partial charge >= 0.3 is 5.97 Å². The zero-order valence-corrected chi connectivity index (χ0v) is 12.8. The number of aliphatic carboxylic acids is 1. The molecule has 2 aromatic carbocycles. The molecule has 0 saturated carbocycles. The van der Waals surface area contributed by atoms with Crippen molar-refractivity contribution in [1.29, 1.82) is 0 Å². The number of carboxylic acid groups (broad SMARTS) is 1. The van der Waals surface area contributed by atoms with E-state index in [1.807, 2.05) is 0 Å². The van der Waals surface area contributed by atoms with Gasteiger partial charge in [-0.15, -0.1) is 0 Å². The quantitative estimate of drug-likeness (QED) is 0.888. The third kappa shape index (κ3) is 3.68. The molecule has 0 aromatic heterocycles. The second-order valence-corrected chi connectivity index (χ2v) is 5.13. The van der Waals surface area contributed by atoms with E-state index in [-0.39, 0.29) is 10.8 Å². The second-order valence-electron chi connectivity index (χ2n) is 4.72. The summed E-state index contributed by atoms with van der Waals surface area (Å²) in [5.41, 5.74) is 1.11. The van der Waals surface area contributed by atoms with E-state index in [9.17, 15) is 9.18 Å². The van der Waals surface area contributed by atoms with E-state index >= 15 is 0 Å². The molecule has 1 N–H and O–H groups in total. The maximum absolute atomic E-state index is 13.4. The molecule has 116 valence electrons. The fourth-order valence-corrected chi connectivity index (χ4v) is 2.04. The number of hydrogen-bond acceptors (Lipinski definition) is 3. The second kappa shape index (κ2) is 6.66. The predicted molar refractivity (Wildman–Crippen MR) is 80.5 cm³/mol. The van der Waals surface area contributed by atoms with Gasteiger partial charge in [0, 0.05) is 0 Å². The highest BCUT2D eigenvalue weighted by atomic mass is 35.5. The number of ether oxygens (including phenoxy) is 2. The van der Waals surface area contributed by atoms with Gasteiger partial charge in [0.2, 0.25) is 0 Å². The number of benzene rings is 2. The monoisotopic (exact) mass is 324 g/mol. The molecule has 0 atom stereocenters. The van der Waals surface area contributed by atoms with Gasteiger partial charge in [0.25, 0.3) is 0 Å². The molecular weight excluding hydrogens is 311 g/mol. The largest absolute Gasteiger partial charge is 0.479 e. The molecular formula is C16H14ClFO4. The maximum Gasteiger partial charge on any atom is 0.341 e. The van der Waals surface area contributed by atoms with Crippen LogP contribution in [-0.4, -0.2) is 17.7 Å². The third-order valence-electron chi connectivity index (χ3n) is 2.95. The number of halogens is 2. The first-order chi connectivity index (χ1) is 10.4. The first-order valence-electron chi connectivity index (χ1n) is 6.46. The summed E-state index contributed by atoms with van der Waals surface area (Å²) in [4.78, 5) is 10.7. The van der Waals surface area contributed by atoms with Crippen LogP contribution >= 0.6 is 11.6 Å². The van der Waals surface area contributed by atoms with Crippen molar-refractivity contribution in [3.05, 3.63) is 52.3 Å². The highest BCUT2D eigenvalue weighted by molar-refractivity contribution is 6.32. The summed E-state index contributed by atoms with van der Waals surface area (Å²) in [6, 6.07) is 7.77. The molecule has 4 nitrogen and oxygen atoms in total. The Morgan fingerprint density at radius 1 is 1.23 bits per heavy atom. The topological polar surface area (TPSA) is 55.8 Å². The molecule has 0 aliphatic carbocycles. The van der Waals surface area contributed by atoms with Crippen LogP contribution in [0, 0.1) is 19.7 Å². The number of hydrogen-bond donors (Lipinski definition) is 1. The zero-order chi connectivity index (χ0) is 16.3. The standard InChI is InChI=1S/C16H14ClFO4/c1-9-4-3-5-13(16(9)21-8-15(19)20)22-14-6-10(2)12(18)7-11(14)17/h3-7H,8H2,1-2H3,(H,19,20). The maximum atomic E-state index is 13.4. The van der Waals surface area contributed by atoms with Gasteiger partial charge in [-0.1, -0.05) is 23.7 Å². The van der Waals surface area contributed by atoms with Gasteiger partial charge in [0.1, 0.15) is 11.6 Å². The van der Waals surface area contributed by atoms with Crippen molar-refractivity contribution < 1.29 is 23.8 Å². The van der Waals surface area contributed by atoms with Gasteiger partial charge < -0.3 is 14.6 Å². The van der Waals surface area contributed by atoms with E-state index in [1.165, 1.54) is 12.1 Å². The Kier molecular flexibility index (Phi) is 4.88. The summed E-state index contributed by atoms with van der Waals surface area (Å²) in [6.07, 6.45) is 0. The predicted octanol–water partition coefficient (Wildman–Crippen LogP) is 4.35. The van der Waals surface area contributed by atoms with Crippen LogP contribution in [0.2, 0.25) is 5.02 Å². The fraction of sp³-hybridized carbons (Fsp3) is 0.188. The van der Waals surface area contributed by atoms with Crippen LogP contribution in [-0.2, 0) is 4.79 Å². The number of para-hydroxylation sites is 1. The smallest absolute Gasteiger partial charge is 0.341 e. The molecule has 0 aliphatic heterocycles. The molecule has 0 unspecified atom stereocenters. The van der Waals surface area contributed by atoms with Crippen LogP contribution in [0.15, 0.2) is 30.3 Å². The first-order valence-corrected chi connectivity index (χ1v) is 6.84. The van der Waals surface area contributed by atoms with E-state index < -0.39 is 18.4 Å². The third-order valence-corrected chi connectivity index (χ3v) is 3.24. The van der Waals surface area contributed by atoms with Crippen molar-refractivity contribution in [3.8, 4) is 17.2 Å². The van der Waals surface area contributed by atoms with Crippen molar-refractivity contribution >= 4 is 17.6 Å². The Bertz CT molecular complexity index is 716. The van der Waals surface area contributed by atoms with Crippen molar-refractivity contribution in [2.24, 2.45) is 0 Å². The van der Waals surface area contributed by atoms with Crippen LogP contribution in [0.4, 0.5) is 4.39 Å². The summed E-state index contributed by atoms with van der Waals surface area (Å²) in [5.74, 6) is -0.628. The SMILES string of the molecule is Cc1cc(Oc2cccc(C)c2OCC(=O)O)c(Cl)cc1F. The number of aryl methyl sites for hydroxylation is 2. The summed E-state index contributed by atoms with van der Waals surface area (Å²) in [5, 5.41) is 8.85. The lowest BCUT2D eigenvalue weighted by atomic mass is 10.2. The van der Waals surface area contributed by atoms with Crippen molar-refractivity contribution in [2.75, 3.05) is 6.61 Å². The lowest BCUT2D eigenvalue weighted by Gasteiger charge is -2.15. The van der Waals surface area contributed by atoms with Crippen LogP contribution in [0.1, 0.15) is 11.1 Å². The van der Waals surface area contributed by atoms with Crippen LogP contribution in [0.5, 0.6) is 17.2 Å². The van der Waals surface area contributed by atoms with Crippen molar-refractivity contribution in [1.82, 2.24) is 0 Å². The summed E-state index contributed by atoms with van der Waals surface area (Å²) in [7, 11) is 0. The minimum atomic E-state index is -1.09. The van der Waals surface area contributed by atoms with Crippen molar-refractivity contribution in [2.45, 2.75) is 13.8 Å². The van der Waals surface area contributed by atoms with Crippen molar-refractivity contribution in [3.63, 3.8) is 0 Å². The van der Waals surface area contributed by atoms with Gasteiger partial charge in [0.15, 0.2) is 18.1 Å². The molecule has 0 saturated heterocycles. The van der Waals surface area contributed by atoms with Crippen LogP contribution < -0.4 is 9.47 Å². The molecule has 0 bridgehead atoms. The molecule has 6 heteroatoms. The summed E-state index contributed by atoms with van der Waals surface area (Å²) >= 11 is 5.97. The molecule has 22 heavy (non-hydrogen) atoms. The van der Waals surface area contributed by atoms with Gasteiger partial charge in [-0.25, -0.2) is 9.18 Å². The lowest BCUT2D eigenvalue weighted by molar-refractivity contribution is -0.139. The molecule has 0 radical (unpaired) electrons. The summed E-state index contributed by atoms with van der Waals surface area (Å²) < 4.78 is 24.3. The first kappa shape index (κ1) is 16.1. The van der Waals surface area contributed by atoms with E-state index in [2.05, 4.69) is 0 Å². The molecule has 2 aromatic rings. The number of rotatable bonds is 5. The molecule has 0 aliphatic rings. The molecule has 0 spiro atoms. The molecule has 2 rings (SSSR count). The van der Waals surface area contributed by atoms with E-state index in [0.717, 1.165) is 0 Å². The van der Waals surface area contributed by atoms with E-state index in [4.69, 9.17) is 26.2 Å². The fourth-order valence-electron chi connectivity index (χ4n) is 1.85. The highest BCUT2D eigenvalue weighted by Crippen LogP contribution is 2.37.